The molecule has 8 aromatic carbocycles. The van der Waals surface area contributed by atoms with E-state index in [0.717, 1.165) is 19.3 Å². The van der Waals surface area contributed by atoms with Gasteiger partial charge in [-0.25, -0.2) is 0 Å². The first-order valence-corrected chi connectivity index (χ1v) is 23.4. The molecular formula is C65H54. The molecule has 0 N–H and O–H groups in total. The SMILES string of the molecule is C/C1=C(c2cc(-c3ccc4c(ccc5ccccc54)c3)ccc2C)/C=C(/c2ccc(-c3ccccc3)cc2)CC#CC1.Cc1ccc2c(c1)C(C)(C)c1c-2ccc2c1C1=C(CCC=C1)C2. The zero-order chi connectivity index (χ0) is 44.2. The fourth-order valence-electron chi connectivity index (χ4n) is 11.0. The van der Waals surface area contributed by atoms with Gasteiger partial charge in [0, 0.05) is 18.3 Å². The molecule has 0 saturated heterocycles. The lowest BCUT2D eigenvalue weighted by Gasteiger charge is -2.25. The van der Waals surface area contributed by atoms with Gasteiger partial charge in [-0.3, -0.25) is 0 Å². The average molecular weight is 835 g/mol. The minimum atomic E-state index is 0.0930. The summed E-state index contributed by atoms with van der Waals surface area (Å²) in [5, 5.41) is 5.15. The predicted molar refractivity (Wildman–Crippen MR) is 279 cm³/mol. The summed E-state index contributed by atoms with van der Waals surface area (Å²) in [4.78, 5) is 0. The molecule has 0 heterocycles. The molecule has 0 nitrogen and oxygen atoms in total. The van der Waals surface area contributed by atoms with E-state index in [4.69, 9.17) is 0 Å². The number of fused-ring (bicyclic) bond motifs is 9. The Balaban J connectivity index is 0.000000171. The Morgan fingerprint density at radius 1 is 0.523 bits per heavy atom. The summed E-state index contributed by atoms with van der Waals surface area (Å²) in [6.45, 7) is 11.5. The van der Waals surface area contributed by atoms with Crippen molar-refractivity contribution in [3.8, 4) is 45.2 Å². The van der Waals surface area contributed by atoms with Crippen LogP contribution in [0.1, 0.15) is 91.0 Å². The van der Waals surface area contributed by atoms with Gasteiger partial charge in [0.1, 0.15) is 0 Å². The molecule has 0 unspecified atom stereocenters. The van der Waals surface area contributed by atoms with Gasteiger partial charge in [-0.1, -0.05) is 200 Å². The number of benzene rings is 8. The molecule has 0 atom stereocenters. The molecule has 0 heteroatoms. The van der Waals surface area contributed by atoms with Gasteiger partial charge < -0.3 is 0 Å². The number of aryl methyl sites for hydroxylation is 2. The van der Waals surface area contributed by atoms with Gasteiger partial charge >= 0.3 is 0 Å². The van der Waals surface area contributed by atoms with Crippen LogP contribution in [-0.4, -0.2) is 0 Å². The van der Waals surface area contributed by atoms with Crippen LogP contribution in [0.25, 0.3) is 71.6 Å². The highest BCUT2D eigenvalue weighted by atomic mass is 14.4. The van der Waals surface area contributed by atoms with E-state index in [2.05, 4.69) is 222 Å². The van der Waals surface area contributed by atoms with Crippen molar-refractivity contribution < 1.29 is 0 Å². The fourth-order valence-corrected chi connectivity index (χ4v) is 11.0. The molecule has 0 radical (unpaired) electrons. The lowest BCUT2D eigenvalue weighted by Crippen LogP contribution is -2.17. The fraction of sp³-hybridized carbons (Fsp3) is 0.169. The Hall–Kier alpha value is -7.20. The molecule has 0 spiro atoms. The van der Waals surface area contributed by atoms with Crippen molar-refractivity contribution in [3.05, 3.63) is 232 Å². The quantitative estimate of drug-likeness (QED) is 0.122. The molecule has 314 valence electrons. The van der Waals surface area contributed by atoms with E-state index in [1.54, 1.807) is 16.7 Å². The molecular weight excluding hydrogens is 781 g/mol. The Kier molecular flexibility index (Phi) is 10.2. The predicted octanol–water partition coefficient (Wildman–Crippen LogP) is 17.3. The molecule has 4 aliphatic carbocycles. The third-order valence-corrected chi connectivity index (χ3v) is 14.5. The summed E-state index contributed by atoms with van der Waals surface area (Å²) in [5.41, 5.74) is 26.3. The van der Waals surface area contributed by atoms with E-state index in [1.807, 2.05) is 0 Å². The van der Waals surface area contributed by atoms with Gasteiger partial charge in [0.15, 0.2) is 0 Å². The lowest BCUT2D eigenvalue weighted by molar-refractivity contribution is 0.657. The molecule has 0 amide bonds. The average Bonchev–Trinajstić information content (AvgIpc) is 3.82. The van der Waals surface area contributed by atoms with Crippen molar-refractivity contribution in [2.75, 3.05) is 0 Å². The van der Waals surface area contributed by atoms with Crippen molar-refractivity contribution in [2.45, 2.75) is 72.1 Å². The summed E-state index contributed by atoms with van der Waals surface area (Å²) in [6, 6.07) is 58.1. The zero-order valence-electron chi connectivity index (χ0n) is 38.3. The second kappa shape index (κ2) is 16.4. The Morgan fingerprint density at radius 2 is 1.22 bits per heavy atom. The topological polar surface area (TPSA) is 0 Å². The molecule has 0 bridgehead atoms. The normalized spacial score (nSPS) is 17.4. The van der Waals surface area contributed by atoms with Crippen LogP contribution < -0.4 is 0 Å². The van der Waals surface area contributed by atoms with Gasteiger partial charge in [-0.15, -0.1) is 0 Å². The molecule has 0 fully saturated rings. The maximum atomic E-state index is 3.43. The largest absolute Gasteiger partial charge is 0.0985 e. The van der Waals surface area contributed by atoms with E-state index in [0.29, 0.717) is 0 Å². The van der Waals surface area contributed by atoms with Crippen LogP contribution in [0.4, 0.5) is 0 Å². The van der Waals surface area contributed by atoms with Gasteiger partial charge in [-0.05, 0) is 169 Å². The molecule has 8 aromatic rings. The van der Waals surface area contributed by atoms with E-state index in [-0.39, 0.29) is 5.41 Å². The maximum Gasteiger partial charge on any atom is 0.0346 e. The molecule has 65 heavy (non-hydrogen) atoms. The maximum absolute atomic E-state index is 3.43. The first-order valence-electron chi connectivity index (χ1n) is 23.4. The summed E-state index contributed by atoms with van der Waals surface area (Å²) in [6.07, 6.45) is 12.3. The van der Waals surface area contributed by atoms with Crippen molar-refractivity contribution in [2.24, 2.45) is 0 Å². The van der Waals surface area contributed by atoms with E-state index in [1.165, 1.54) is 123 Å². The highest BCUT2D eigenvalue weighted by Gasteiger charge is 2.40. The number of hydrogen-bond donors (Lipinski definition) is 0. The first-order chi connectivity index (χ1) is 31.7. The Bertz CT molecular complexity index is 3420. The third-order valence-electron chi connectivity index (χ3n) is 14.5. The van der Waals surface area contributed by atoms with Crippen molar-refractivity contribution in [1.29, 1.82) is 0 Å². The standard InChI is InChI=1S/C42H32.C23H22/c1-29-10-6-7-14-35(33-20-18-32(19-21-33)31-11-4-3-5-12-31)27-41(29)42-28-37(17-16-30(42)2)36-24-25-40-38(26-36)23-22-34-13-8-9-15-39(34)40;1-14-8-10-18-19-11-9-16-13-15-6-4-5-7-17(15)21(16)22(19)23(2,3)20(18)12-14/h3-5,8-9,11-13,15-28H,10,14H2,1-2H3;5,7-12H,4,6,13H2,1-3H3/b35-27+,41-29+;. The van der Waals surface area contributed by atoms with E-state index in [9.17, 15) is 0 Å². The summed E-state index contributed by atoms with van der Waals surface area (Å²) in [5.74, 6) is 6.84. The second-order valence-corrected chi connectivity index (χ2v) is 19.1. The number of hydrogen-bond acceptors (Lipinski definition) is 0. The minimum absolute atomic E-state index is 0.0930. The van der Waals surface area contributed by atoms with Gasteiger partial charge in [-0.2, -0.15) is 0 Å². The summed E-state index contributed by atoms with van der Waals surface area (Å²) in [7, 11) is 0. The van der Waals surface area contributed by atoms with Crippen LogP contribution in [0.3, 0.4) is 0 Å². The highest BCUT2D eigenvalue weighted by Crippen LogP contribution is 2.55. The molecule has 0 aromatic heterocycles. The van der Waals surface area contributed by atoms with Crippen molar-refractivity contribution >= 4 is 38.3 Å². The monoisotopic (exact) mass is 834 g/mol. The van der Waals surface area contributed by atoms with E-state index >= 15 is 0 Å². The third kappa shape index (κ3) is 7.31. The zero-order valence-corrected chi connectivity index (χ0v) is 38.3. The molecule has 4 aliphatic rings. The lowest BCUT2D eigenvalue weighted by atomic mass is 9.78. The summed E-state index contributed by atoms with van der Waals surface area (Å²) < 4.78 is 0. The number of allylic oxidation sites excluding steroid dienone is 8. The molecule has 12 rings (SSSR count). The van der Waals surface area contributed by atoms with Gasteiger partial charge in [0.25, 0.3) is 0 Å². The molecule has 0 aliphatic heterocycles. The summed E-state index contributed by atoms with van der Waals surface area (Å²) >= 11 is 0. The van der Waals surface area contributed by atoms with Crippen LogP contribution in [0.2, 0.25) is 0 Å². The van der Waals surface area contributed by atoms with Crippen LogP contribution in [0, 0.1) is 25.7 Å². The first kappa shape index (κ1) is 40.6. The Morgan fingerprint density at radius 3 is 2.08 bits per heavy atom. The molecule has 0 saturated carbocycles. The highest BCUT2D eigenvalue weighted by molar-refractivity contribution is 6.08. The van der Waals surface area contributed by atoms with Crippen molar-refractivity contribution in [3.63, 3.8) is 0 Å². The van der Waals surface area contributed by atoms with Crippen molar-refractivity contribution in [1.82, 2.24) is 0 Å². The smallest absolute Gasteiger partial charge is 0.0346 e. The van der Waals surface area contributed by atoms with Crippen LogP contribution >= 0.6 is 0 Å². The van der Waals surface area contributed by atoms with Gasteiger partial charge in [0.05, 0.1) is 0 Å². The van der Waals surface area contributed by atoms with E-state index < -0.39 is 0 Å². The van der Waals surface area contributed by atoms with Crippen LogP contribution in [0.5, 0.6) is 0 Å². The van der Waals surface area contributed by atoms with Crippen LogP contribution in [0.15, 0.2) is 187 Å². The van der Waals surface area contributed by atoms with Crippen LogP contribution in [-0.2, 0) is 11.8 Å². The number of rotatable bonds is 4. The van der Waals surface area contributed by atoms with Gasteiger partial charge in [0.2, 0.25) is 0 Å². The Labute approximate surface area is 385 Å². The second-order valence-electron chi connectivity index (χ2n) is 19.1. The minimum Gasteiger partial charge on any atom is -0.0985 e.